The number of unbranched alkanes of at least 4 members (excludes halogenated alkanes) is 5. The van der Waals surface area contributed by atoms with Gasteiger partial charge in [0.15, 0.2) is 0 Å². The van der Waals surface area contributed by atoms with Crippen LogP contribution in [0.25, 0.3) is 0 Å². The summed E-state index contributed by atoms with van der Waals surface area (Å²) in [6, 6.07) is 0. The third-order valence-electron chi connectivity index (χ3n) is 4.95. The predicted octanol–water partition coefficient (Wildman–Crippen LogP) is 4.21. The molecule has 0 aromatic rings. The lowest BCUT2D eigenvalue weighted by molar-refractivity contribution is 0.131. The first kappa shape index (κ1) is 21.9. The van der Waals surface area contributed by atoms with E-state index in [-0.39, 0.29) is 24.4 Å². The van der Waals surface area contributed by atoms with Gasteiger partial charge >= 0.3 is 0 Å². The normalized spacial score (nSPS) is 30.2. The minimum atomic E-state index is -0.277. The van der Waals surface area contributed by atoms with Gasteiger partial charge in [-0.3, -0.25) is 0 Å². The van der Waals surface area contributed by atoms with Crippen molar-refractivity contribution in [2.45, 2.75) is 129 Å². The van der Waals surface area contributed by atoms with Gasteiger partial charge in [-0.2, -0.15) is 0 Å². The largest absolute Gasteiger partial charge is 0.391 e. The van der Waals surface area contributed by atoms with Crippen LogP contribution in [0.2, 0.25) is 0 Å². The Morgan fingerprint density at radius 1 is 0.750 bits per heavy atom. The summed E-state index contributed by atoms with van der Waals surface area (Å²) >= 11 is 0. The van der Waals surface area contributed by atoms with E-state index in [1.54, 1.807) is 6.92 Å². The van der Waals surface area contributed by atoms with E-state index in [0.717, 1.165) is 19.3 Å². The van der Waals surface area contributed by atoms with Crippen molar-refractivity contribution in [2.75, 3.05) is 0 Å². The summed E-state index contributed by atoms with van der Waals surface area (Å²) in [5.74, 6) is 0. The molecule has 6 unspecified atom stereocenters. The standard InChI is InChI=1S/2C10H20O2/c1-3-4-5-6-7-9-10(12-9)8(2)11;1-3-5-6-7-9-10(12-9)8(11)4-2/h2*8-11H,3-7H2,1-2H3. The van der Waals surface area contributed by atoms with Gasteiger partial charge in [0.2, 0.25) is 0 Å². The molecule has 4 nitrogen and oxygen atoms in total. The summed E-state index contributed by atoms with van der Waals surface area (Å²) in [7, 11) is 0. The molecule has 0 aromatic heterocycles. The molecule has 2 saturated heterocycles. The Labute approximate surface area is 148 Å². The maximum Gasteiger partial charge on any atom is 0.110 e. The highest BCUT2D eigenvalue weighted by Crippen LogP contribution is 2.31. The second-order valence-corrected chi connectivity index (χ2v) is 7.34. The van der Waals surface area contributed by atoms with Crippen LogP contribution in [-0.4, -0.2) is 46.8 Å². The summed E-state index contributed by atoms with van der Waals surface area (Å²) in [6.07, 6.45) is 12.6. The van der Waals surface area contributed by atoms with Gasteiger partial charge in [0.05, 0.1) is 24.4 Å². The molecule has 2 rings (SSSR count). The summed E-state index contributed by atoms with van der Waals surface area (Å²) < 4.78 is 10.7. The van der Waals surface area contributed by atoms with Crippen molar-refractivity contribution in [3.63, 3.8) is 0 Å². The van der Waals surface area contributed by atoms with Crippen LogP contribution >= 0.6 is 0 Å². The maximum absolute atomic E-state index is 9.40. The Balaban J connectivity index is 0.000000240. The summed E-state index contributed by atoms with van der Waals surface area (Å²) in [6.45, 7) is 8.21. The highest BCUT2D eigenvalue weighted by molar-refractivity contribution is 4.89. The molecular weight excluding hydrogens is 304 g/mol. The molecule has 2 aliphatic heterocycles. The number of aliphatic hydroxyl groups excluding tert-OH is 2. The quantitative estimate of drug-likeness (QED) is 0.411. The molecular formula is C20H40O4. The zero-order chi connectivity index (χ0) is 17.9. The molecule has 6 atom stereocenters. The van der Waals surface area contributed by atoms with E-state index in [1.807, 2.05) is 6.92 Å². The molecule has 2 N–H and O–H groups in total. The van der Waals surface area contributed by atoms with Gasteiger partial charge in [-0.05, 0) is 26.2 Å². The molecule has 0 bridgehead atoms. The van der Waals surface area contributed by atoms with Crippen molar-refractivity contribution >= 4 is 0 Å². The summed E-state index contributed by atoms with van der Waals surface area (Å²) in [5, 5.41) is 18.5. The Bertz CT molecular complexity index is 308. The molecule has 2 heterocycles. The Hall–Kier alpha value is -0.160. The third kappa shape index (κ3) is 8.80. The molecule has 0 amide bonds. The highest BCUT2D eigenvalue weighted by atomic mass is 16.6. The molecule has 0 radical (unpaired) electrons. The van der Waals surface area contributed by atoms with Crippen LogP contribution in [0, 0.1) is 0 Å². The number of hydrogen-bond donors (Lipinski definition) is 2. The molecule has 144 valence electrons. The van der Waals surface area contributed by atoms with Crippen LogP contribution in [-0.2, 0) is 9.47 Å². The van der Waals surface area contributed by atoms with Crippen molar-refractivity contribution in [2.24, 2.45) is 0 Å². The van der Waals surface area contributed by atoms with Crippen LogP contribution < -0.4 is 0 Å². The fourth-order valence-electron chi connectivity index (χ4n) is 3.14. The number of aliphatic hydroxyl groups is 2. The smallest absolute Gasteiger partial charge is 0.110 e. The third-order valence-corrected chi connectivity index (χ3v) is 4.95. The van der Waals surface area contributed by atoms with E-state index in [9.17, 15) is 5.11 Å². The van der Waals surface area contributed by atoms with E-state index in [1.165, 1.54) is 44.9 Å². The highest BCUT2D eigenvalue weighted by Gasteiger charge is 2.42. The molecule has 0 aromatic carbocycles. The second-order valence-electron chi connectivity index (χ2n) is 7.34. The van der Waals surface area contributed by atoms with Gasteiger partial charge in [-0.15, -0.1) is 0 Å². The zero-order valence-electron chi connectivity index (χ0n) is 16.2. The van der Waals surface area contributed by atoms with Crippen molar-refractivity contribution in [3.05, 3.63) is 0 Å². The molecule has 2 aliphatic rings. The van der Waals surface area contributed by atoms with Crippen LogP contribution in [0.3, 0.4) is 0 Å². The molecule has 0 aliphatic carbocycles. The van der Waals surface area contributed by atoms with Gasteiger partial charge in [0.25, 0.3) is 0 Å². The summed E-state index contributed by atoms with van der Waals surface area (Å²) in [4.78, 5) is 0. The first-order valence-electron chi connectivity index (χ1n) is 10.2. The van der Waals surface area contributed by atoms with Gasteiger partial charge < -0.3 is 19.7 Å². The topological polar surface area (TPSA) is 65.5 Å². The fraction of sp³-hybridized carbons (Fsp3) is 1.00. The number of hydrogen-bond acceptors (Lipinski definition) is 4. The summed E-state index contributed by atoms with van der Waals surface area (Å²) in [5.41, 5.74) is 0. The van der Waals surface area contributed by atoms with Crippen molar-refractivity contribution < 1.29 is 19.7 Å². The molecule has 2 fully saturated rings. The molecule has 0 saturated carbocycles. The van der Waals surface area contributed by atoms with Crippen LogP contribution in [0.15, 0.2) is 0 Å². The van der Waals surface area contributed by atoms with E-state index < -0.39 is 0 Å². The van der Waals surface area contributed by atoms with E-state index >= 15 is 0 Å². The Morgan fingerprint density at radius 2 is 1.25 bits per heavy atom. The number of ether oxygens (including phenoxy) is 2. The fourth-order valence-corrected chi connectivity index (χ4v) is 3.14. The van der Waals surface area contributed by atoms with Gasteiger partial charge in [-0.25, -0.2) is 0 Å². The average Bonchev–Trinajstić information content (AvgIpc) is 3.46. The Kier molecular flexibility index (Phi) is 11.2. The zero-order valence-corrected chi connectivity index (χ0v) is 16.2. The van der Waals surface area contributed by atoms with Gasteiger partial charge in [0, 0.05) is 0 Å². The Morgan fingerprint density at radius 3 is 1.75 bits per heavy atom. The van der Waals surface area contributed by atoms with E-state index in [4.69, 9.17) is 14.6 Å². The molecule has 0 spiro atoms. The second kappa shape index (κ2) is 12.2. The SMILES string of the molecule is CCCCCC1OC1C(O)CC.CCCCCCC1OC1C(C)O. The lowest BCUT2D eigenvalue weighted by atomic mass is 10.1. The van der Waals surface area contributed by atoms with Crippen LogP contribution in [0.1, 0.15) is 91.9 Å². The molecule has 24 heavy (non-hydrogen) atoms. The minimum Gasteiger partial charge on any atom is -0.391 e. The monoisotopic (exact) mass is 344 g/mol. The van der Waals surface area contributed by atoms with Crippen molar-refractivity contribution in [1.29, 1.82) is 0 Å². The first-order chi connectivity index (χ1) is 11.5. The van der Waals surface area contributed by atoms with Crippen LogP contribution in [0.5, 0.6) is 0 Å². The van der Waals surface area contributed by atoms with Gasteiger partial charge in [-0.1, -0.05) is 65.7 Å². The van der Waals surface area contributed by atoms with Crippen LogP contribution in [0.4, 0.5) is 0 Å². The van der Waals surface area contributed by atoms with E-state index in [2.05, 4.69) is 13.8 Å². The van der Waals surface area contributed by atoms with E-state index in [0.29, 0.717) is 12.2 Å². The number of rotatable bonds is 12. The lowest BCUT2D eigenvalue weighted by Crippen LogP contribution is -2.15. The lowest BCUT2D eigenvalue weighted by Gasteiger charge is -2.01. The number of epoxide rings is 2. The first-order valence-corrected chi connectivity index (χ1v) is 10.2. The minimum absolute atomic E-state index is 0.145. The maximum atomic E-state index is 9.40. The van der Waals surface area contributed by atoms with Crippen molar-refractivity contribution in [3.8, 4) is 0 Å². The van der Waals surface area contributed by atoms with Gasteiger partial charge in [0.1, 0.15) is 12.2 Å². The average molecular weight is 345 g/mol. The molecule has 4 heteroatoms. The van der Waals surface area contributed by atoms with Crippen molar-refractivity contribution in [1.82, 2.24) is 0 Å². The predicted molar refractivity (Wildman–Crippen MR) is 98.2 cm³/mol.